The summed E-state index contributed by atoms with van der Waals surface area (Å²) in [6, 6.07) is 17.8. The number of rotatable bonds is 5. The van der Waals surface area contributed by atoms with Gasteiger partial charge in [0.15, 0.2) is 0 Å². The number of nitrogens with zero attached hydrogens (tertiary/aromatic N) is 1. The molecular formula is C18H22N2O. The van der Waals surface area contributed by atoms with Gasteiger partial charge in [-0.2, -0.15) is 0 Å². The lowest BCUT2D eigenvalue weighted by atomic mass is 10.1. The van der Waals surface area contributed by atoms with E-state index >= 15 is 0 Å². The Morgan fingerprint density at radius 2 is 1.71 bits per heavy atom. The Morgan fingerprint density at radius 3 is 2.33 bits per heavy atom. The molecule has 0 aliphatic rings. The number of aryl methyl sites for hydroxylation is 1. The number of hydrogen-bond donors (Lipinski definition) is 1. The molecule has 1 amide bonds. The molecule has 1 atom stereocenters. The number of benzene rings is 2. The van der Waals surface area contributed by atoms with Crippen LogP contribution >= 0.6 is 0 Å². The van der Waals surface area contributed by atoms with E-state index in [1.54, 1.807) is 0 Å². The summed E-state index contributed by atoms with van der Waals surface area (Å²) in [5, 5.41) is 2.94. The first-order valence-corrected chi connectivity index (χ1v) is 7.18. The Morgan fingerprint density at radius 1 is 1.10 bits per heavy atom. The van der Waals surface area contributed by atoms with Crippen molar-refractivity contribution >= 4 is 11.6 Å². The third-order valence-corrected chi connectivity index (χ3v) is 3.63. The molecule has 0 spiro atoms. The van der Waals surface area contributed by atoms with Gasteiger partial charge in [0.05, 0.1) is 6.04 Å². The maximum atomic E-state index is 12.2. The Labute approximate surface area is 126 Å². The standard InChI is InChI=1S/C18H22N2O/c1-14-9-11-16(12-10-14)13-20(3)15(2)18(21)19-17-7-5-4-6-8-17/h4-12,15H,13H2,1-3H3,(H,19,21)/t15-/m0/s1. The SMILES string of the molecule is Cc1ccc(CN(C)[C@@H](C)C(=O)Nc2ccccc2)cc1. The number of para-hydroxylation sites is 1. The van der Waals surface area contributed by atoms with Gasteiger partial charge in [-0.25, -0.2) is 0 Å². The minimum Gasteiger partial charge on any atom is -0.325 e. The van der Waals surface area contributed by atoms with Crippen LogP contribution in [0.3, 0.4) is 0 Å². The molecular weight excluding hydrogens is 260 g/mol. The van der Waals surface area contributed by atoms with Crippen LogP contribution in [-0.4, -0.2) is 23.9 Å². The number of likely N-dealkylation sites (N-methyl/N-ethyl adjacent to an activating group) is 1. The first kappa shape index (κ1) is 15.3. The molecule has 0 aromatic heterocycles. The predicted molar refractivity (Wildman–Crippen MR) is 87.2 cm³/mol. The normalized spacial score (nSPS) is 12.2. The summed E-state index contributed by atoms with van der Waals surface area (Å²) < 4.78 is 0. The summed E-state index contributed by atoms with van der Waals surface area (Å²) in [5.41, 5.74) is 3.29. The molecule has 2 aromatic carbocycles. The third kappa shape index (κ3) is 4.43. The van der Waals surface area contributed by atoms with E-state index in [4.69, 9.17) is 0 Å². The van der Waals surface area contributed by atoms with Crippen molar-refractivity contribution in [3.8, 4) is 0 Å². The van der Waals surface area contributed by atoms with Crippen molar-refractivity contribution < 1.29 is 4.79 Å². The van der Waals surface area contributed by atoms with Crippen molar-refractivity contribution in [2.24, 2.45) is 0 Å². The number of hydrogen-bond acceptors (Lipinski definition) is 2. The second-order valence-electron chi connectivity index (χ2n) is 5.43. The van der Waals surface area contributed by atoms with Crippen LogP contribution in [0.15, 0.2) is 54.6 Å². The second kappa shape index (κ2) is 7.04. The van der Waals surface area contributed by atoms with Crippen LogP contribution in [0.1, 0.15) is 18.1 Å². The summed E-state index contributed by atoms with van der Waals surface area (Å²) in [6.45, 7) is 4.75. The largest absolute Gasteiger partial charge is 0.325 e. The Hall–Kier alpha value is -2.13. The highest BCUT2D eigenvalue weighted by atomic mass is 16.2. The molecule has 110 valence electrons. The molecule has 0 radical (unpaired) electrons. The minimum absolute atomic E-state index is 0.0100. The molecule has 0 saturated carbocycles. The van der Waals surface area contributed by atoms with Gasteiger partial charge >= 0.3 is 0 Å². The van der Waals surface area contributed by atoms with Crippen molar-refractivity contribution in [1.29, 1.82) is 0 Å². The highest BCUT2D eigenvalue weighted by molar-refractivity contribution is 5.94. The third-order valence-electron chi connectivity index (χ3n) is 3.63. The molecule has 2 aromatic rings. The molecule has 1 N–H and O–H groups in total. The lowest BCUT2D eigenvalue weighted by Gasteiger charge is -2.24. The lowest BCUT2D eigenvalue weighted by molar-refractivity contribution is -0.120. The Kier molecular flexibility index (Phi) is 5.12. The second-order valence-corrected chi connectivity index (χ2v) is 5.43. The molecule has 21 heavy (non-hydrogen) atoms. The highest BCUT2D eigenvalue weighted by Gasteiger charge is 2.18. The Bertz CT molecular complexity index is 578. The topological polar surface area (TPSA) is 32.3 Å². The van der Waals surface area contributed by atoms with Crippen molar-refractivity contribution in [3.63, 3.8) is 0 Å². The lowest BCUT2D eigenvalue weighted by Crippen LogP contribution is -2.39. The maximum absolute atomic E-state index is 12.2. The van der Waals surface area contributed by atoms with E-state index in [9.17, 15) is 4.79 Å². The summed E-state index contributed by atoms with van der Waals surface area (Å²) in [5.74, 6) is 0.0100. The highest BCUT2D eigenvalue weighted by Crippen LogP contribution is 2.11. The zero-order valence-corrected chi connectivity index (χ0v) is 12.8. The predicted octanol–water partition coefficient (Wildman–Crippen LogP) is 3.45. The fourth-order valence-corrected chi connectivity index (χ4v) is 2.09. The number of amides is 1. The van der Waals surface area contributed by atoms with E-state index in [0.29, 0.717) is 0 Å². The molecule has 0 saturated heterocycles. The van der Waals surface area contributed by atoms with Gasteiger partial charge in [0.2, 0.25) is 5.91 Å². The van der Waals surface area contributed by atoms with Gasteiger partial charge in [0.1, 0.15) is 0 Å². The fraction of sp³-hybridized carbons (Fsp3) is 0.278. The van der Waals surface area contributed by atoms with E-state index in [2.05, 4.69) is 36.5 Å². The van der Waals surface area contributed by atoms with Crippen molar-refractivity contribution in [1.82, 2.24) is 4.90 Å². The fourth-order valence-electron chi connectivity index (χ4n) is 2.09. The first-order valence-electron chi connectivity index (χ1n) is 7.18. The van der Waals surface area contributed by atoms with Crippen LogP contribution in [0, 0.1) is 6.92 Å². The molecule has 0 bridgehead atoms. The molecule has 0 unspecified atom stereocenters. The van der Waals surface area contributed by atoms with Gasteiger partial charge in [-0.1, -0.05) is 48.0 Å². The summed E-state index contributed by atoms with van der Waals surface area (Å²) in [7, 11) is 1.97. The number of carbonyl (C=O) groups is 1. The molecule has 0 heterocycles. The average Bonchev–Trinajstić information content (AvgIpc) is 2.49. The molecule has 0 fully saturated rings. The Balaban J connectivity index is 1.93. The van der Waals surface area contributed by atoms with E-state index < -0.39 is 0 Å². The number of nitrogens with one attached hydrogen (secondary N) is 1. The van der Waals surface area contributed by atoms with Gasteiger partial charge in [-0.15, -0.1) is 0 Å². The van der Waals surface area contributed by atoms with Gasteiger partial charge in [-0.3, -0.25) is 9.69 Å². The van der Waals surface area contributed by atoms with Crippen LogP contribution in [0.25, 0.3) is 0 Å². The van der Waals surface area contributed by atoms with Crippen molar-refractivity contribution in [2.75, 3.05) is 12.4 Å². The molecule has 0 aliphatic heterocycles. The van der Waals surface area contributed by atoms with E-state index in [1.165, 1.54) is 11.1 Å². The molecule has 3 nitrogen and oxygen atoms in total. The number of anilines is 1. The van der Waals surface area contributed by atoms with Gasteiger partial charge in [0.25, 0.3) is 0 Å². The molecule has 0 aliphatic carbocycles. The van der Waals surface area contributed by atoms with Gasteiger partial charge in [-0.05, 0) is 38.6 Å². The van der Waals surface area contributed by atoms with Gasteiger partial charge < -0.3 is 5.32 Å². The molecule has 2 rings (SSSR count). The van der Waals surface area contributed by atoms with Crippen molar-refractivity contribution in [2.45, 2.75) is 26.4 Å². The van der Waals surface area contributed by atoms with Crippen LogP contribution in [0.5, 0.6) is 0 Å². The maximum Gasteiger partial charge on any atom is 0.241 e. The summed E-state index contributed by atoms with van der Waals surface area (Å²) in [6.07, 6.45) is 0. The molecule has 3 heteroatoms. The summed E-state index contributed by atoms with van der Waals surface area (Å²) in [4.78, 5) is 14.3. The van der Waals surface area contributed by atoms with E-state index in [-0.39, 0.29) is 11.9 Å². The van der Waals surface area contributed by atoms with Crippen LogP contribution in [0.2, 0.25) is 0 Å². The zero-order valence-electron chi connectivity index (χ0n) is 12.8. The van der Waals surface area contributed by atoms with Crippen LogP contribution in [0.4, 0.5) is 5.69 Å². The van der Waals surface area contributed by atoms with Crippen LogP contribution in [-0.2, 0) is 11.3 Å². The van der Waals surface area contributed by atoms with E-state index in [0.717, 1.165) is 12.2 Å². The number of carbonyl (C=O) groups excluding carboxylic acids is 1. The summed E-state index contributed by atoms with van der Waals surface area (Å²) >= 11 is 0. The average molecular weight is 282 g/mol. The first-order chi connectivity index (χ1) is 10.1. The minimum atomic E-state index is -0.188. The quantitative estimate of drug-likeness (QED) is 0.911. The zero-order chi connectivity index (χ0) is 15.2. The van der Waals surface area contributed by atoms with Gasteiger partial charge in [0, 0.05) is 12.2 Å². The van der Waals surface area contributed by atoms with E-state index in [1.807, 2.05) is 49.2 Å². The van der Waals surface area contributed by atoms with Crippen LogP contribution < -0.4 is 5.32 Å². The monoisotopic (exact) mass is 282 g/mol. The smallest absolute Gasteiger partial charge is 0.241 e. The van der Waals surface area contributed by atoms with Crippen molar-refractivity contribution in [3.05, 3.63) is 65.7 Å².